The Morgan fingerprint density at radius 1 is 0.778 bits per heavy atom. The van der Waals surface area contributed by atoms with Gasteiger partial charge in [-0.15, -0.1) is 0 Å². The van der Waals surface area contributed by atoms with Crippen molar-refractivity contribution in [2.45, 2.75) is 13.8 Å². The number of aromatic nitrogens is 2. The van der Waals surface area contributed by atoms with E-state index in [0.29, 0.717) is 0 Å². The van der Waals surface area contributed by atoms with E-state index in [2.05, 4.69) is 66.3 Å². The van der Waals surface area contributed by atoms with Crippen LogP contribution in [0.1, 0.15) is 13.8 Å². The fraction of sp³-hybridized carbons (Fsp3) is 0.125. The zero-order valence-corrected chi connectivity index (χ0v) is 20.1. The molecule has 2 aromatic heterocycles. The first-order chi connectivity index (χ1) is 12.4. The van der Waals surface area contributed by atoms with Crippen molar-refractivity contribution in [3.05, 3.63) is 68.8 Å². The molecule has 143 valence electrons. The molecule has 0 aliphatic carbocycles. The van der Waals surface area contributed by atoms with E-state index >= 15 is 0 Å². The average Bonchev–Trinajstić information content (AvgIpc) is 2.60. The summed E-state index contributed by atoms with van der Waals surface area (Å²) >= 11 is 13.9. The van der Waals surface area contributed by atoms with Crippen molar-refractivity contribution >= 4 is 66.6 Å². The molecule has 0 unspecified atom stereocenters. The minimum atomic E-state index is 0. The minimum absolute atomic E-state index is 0. The van der Waals surface area contributed by atoms with Gasteiger partial charge in [-0.1, -0.05) is 56.3 Å². The Morgan fingerprint density at radius 3 is 1.00 bits per heavy atom. The summed E-state index contributed by atoms with van der Waals surface area (Å²) in [5.74, 6) is 0. The van der Waals surface area contributed by atoms with Crippen molar-refractivity contribution in [1.29, 1.82) is 10.5 Å². The Labute approximate surface area is 197 Å². The molecule has 0 aliphatic rings. The normalized spacial score (nSPS) is 5.70. The summed E-state index contributed by atoms with van der Waals surface area (Å²) in [5.41, 5.74) is 0. The monoisotopic (exact) mass is 571 g/mol. The fourth-order valence-corrected chi connectivity index (χ4v) is 1.14. The third-order valence-corrected chi connectivity index (χ3v) is 2.34. The van der Waals surface area contributed by atoms with Crippen LogP contribution in [0.25, 0.3) is 10.8 Å². The van der Waals surface area contributed by atoms with E-state index in [-0.39, 0.29) is 16.8 Å². The number of halogens is 2. The van der Waals surface area contributed by atoms with Crippen LogP contribution in [0.3, 0.4) is 0 Å². The number of hydrogen-bond acceptors (Lipinski definition) is 6. The first-order valence-corrected chi connectivity index (χ1v) is 8.60. The van der Waals surface area contributed by atoms with Crippen molar-refractivity contribution in [3.63, 3.8) is 0 Å². The minimum Gasteiger partial charge on any atom is -0.753 e. The summed E-state index contributed by atoms with van der Waals surface area (Å²) in [4.78, 5) is 7.63. The molecule has 0 aliphatic heterocycles. The van der Waals surface area contributed by atoms with Crippen LogP contribution in [0.5, 0.6) is 0 Å². The predicted molar refractivity (Wildman–Crippen MR) is 118 cm³/mol. The molecule has 0 saturated heterocycles. The molecule has 0 spiro atoms. The second kappa shape index (κ2) is 39.4. The van der Waals surface area contributed by atoms with Gasteiger partial charge in [0.15, 0.2) is 0 Å². The van der Waals surface area contributed by atoms with Crippen LogP contribution in [0.2, 0.25) is 0 Å². The Bertz CT molecular complexity index is 618. The Balaban J connectivity index is -0.0000000758. The second-order valence-corrected chi connectivity index (χ2v) is 5.16. The Kier molecular flexibility index (Phi) is 53.0. The third kappa shape index (κ3) is 59.1. The molecule has 0 N–H and O–H groups in total. The SMILES string of the molecule is Brc1ccncc1.Brc1ccncc1.CC#N.CC#N.[Co+2].[N-]=C=S.[N-]=C=S. The van der Waals surface area contributed by atoms with E-state index in [1.54, 1.807) is 36.9 Å². The van der Waals surface area contributed by atoms with Crippen molar-refractivity contribution in [3.8, 4) is 12.1 Å². The van der Waals surface area contributed by atoms with Crippen LogP contribution >= 0.6 is 56.3 Å². The maximum absolute atomic E-state index is 7.32. The summed E-state index contributed by atoms with van der Waals surface area (Å²) < 4.78 is 2.14. The van der Waals surface area contributed by atoms with Gasteiger partial charge in [0.25, 0.3) is 0 Å². The zero-order chi connectivity index (χ0) is 21.1. The smallest absolute Gasteiger partial charge is 0.753 e. The number of hydrogen-bond donors (Lipinski definition) is 0. The van der Waals surface area contributed by atoms with Crippen LogP contribution < -0.4 is 0 Å². The van der Waals surface area contributed by atoms with Gasteiger partial charge in [-0.3, -0.25) is 9.97 Å². The maximum Gasteiger partial charge on any atom is 2.00 e. The van der Waals surface area contributed by atoms with Crippen molar-refractivity contribution < 1.29 is 16.8 Å². The third-order valence-electron chi connectivity index (χ3n) is 1.28. The zero-order valence-electron chi connectivity index (χ0n) is 14.2. The number of thiocarbonyl (C=S) groups is 2. The summed E-state index contributed by atoms with van der Waals surface area (Å²) in [6, 6.07) is 11.1. The number of isothiocyanates is 2. The molecule has 1 radical (unpaired) electrons. The maximum atomic E-state index is 7.32. The van der Waals surface area contributed by atoms with Crippen molar-refractivity contribution in [2.75, 3.05) is 0 Å². The van der Waals surface area contributed by atoms with Gasteiger partial charge in [0.1, 0.15) is 0 Å². The van der Waals surface area contributed by atoms with Gasteiger partial charge in [0, 0.05) is 47.6 Å². The Hall–Kier alpha value is -1.65. The fourth-order valence-electron chi connectivity index (χ4n) is 0.667. The second-order valence-electron chi connectivity index (χ2n) is 2.96. The molecule has 0 fully saturated rings. The quantitative estimate of drug-likeness (QED) is 0.279. The standard InChI is InChI=1S/2C5H4BrN.2C2H3N.2CNS.Co/c2*6-5-1-3-7-4-2-5;2*1-2-3;2*2-1-3;/h2*1-4H;2*1H3;;;/q;;;;2*-1;+2. The molecule has 27 heavy (non-hydrogen) atoms. The van der Waals surface area contributed by atoms with E-state index in [1.807, 2.05) is 24.3 Å². The molecule has 2 rings (SSSR count). The average molecular weight is 573 g/mol. The van der Waals surface area contributed by atoms with Gasteiger partial charge in [0.2, 0.25) is 0 Å². The topological polar surface area (TPSA) is 118 Å². The molecule has 11 heteroatoms. The molecule has 0 saturated carbocycles. The molecule has 6 nitrogen and oxygen atoms in total. The number of pyridine rings is 2. The van der Waals surface area contributed by atoms with E-state index < -0.39 is 0 Å². The van der Waals surface area contributed by atoms with Crippen LogP contribution in [0.4, 0.5) is 0 Å². The van der Waals surface area contributed by atoms with E-state index in [0.717, 1.165) is 8.95 Å². The van der Waals surface area contributed by atoms with Gasteiger partial charge in [-0.2, -0.15) is 20.8 Å². The molecule has 2 aromatic rings. The Morgan fingerprint density at radius 2 is 0.926 bits per heavy atom. The predicted octanol–water partition coefficient (Wildman–Crippen LogP) is 6.06. The van der Waals surface area contributed by atoms with E-state index in [4.69, 9.17) is 21.3 Å². The van der Waals surface area contributed by atoms with Gasteiger partial charge >= 0.3 is 16.8 Å². The van der Waals surface area contributed by atoms with Crippen molar-refractivity contribution in [2.24, 2.45) is 0 Å². The van der Waals surface area contributed by atoms with E-state index in [9.17, 15) is 0 Å². The van der Waals surface area contributed by atoms with Gasteiger partial charge < -0.3 is 10.8 Å². The van der Waals surface area contributed by atoms with Crippen molar-refractivity contribution in [1.82, 2.24) is 9.97 Å². The molecule has 0 bridgehead atoms. The number of nitrogens with zero attached hydrogens (tertiary/aromatic N) is 6. The number of rotatable bonds is 0. The molecule has 0 aromatic carbocycles. The summed E-state index contributed by atoms with van der Waals surface area (Å²) in [7, 11) is 0. The van der Waals surface area contributed by atoms with Gasteiger partial charge in [-0.25, -0.2) is 0 Å². The molecule has 2 heterocycles. The van der Waals surface area contributed by atoms with Crippen LogP contribution in [-0.4, -0.2) is 20.3 Å². The van der Waals surface area contributed by atoms with Crippen LogP contribution in [-0.2, 0) is 16.8 Å². The molecular formula is C16H14Br2CoN6S2. The largest absolute Gasteiger partial charge is 2.00 e. The van der Waals surface area contributed by atoms with Gasteiger partial charge in [-0.05, 0) is 24.3 Å². The molecule has 0 atom stereocenters. The first kappa shape index (κ1) is 36.3. The van der Waals surface area contributed by atoms with E-state index in [1.165, 1.54) is 24.2 Å². The first-order valence-electron chi connectivity index (χ1n) is 6.20. The summed E-state index contributed by atoms with van der Waals surface area (Å²) in [6.45, 7) is 2.86. The van der Waals surface area contributed by atoms with Crippen LogP contribution in [0, 0.1) is 22.7 Å². The van der Waals surface area contributed by atoms with Gasteiger partial charge in [0.05, 0.1) is 12.1 Å². The summed E-state index contributed by atoms with van der Waals surface area (Å²) in [6.07, 6.45) is 6.96. The molecular weight excluding hydrogens is 559 g/mol. The molecule has 0 amide bonds. The van der Waals surface area contributed by atoms with Crippen LogP contribution in [0.15, 0.2) is 58.0 Å². The number of nitriles is 2. The summed E-state index contributed by atoms with van der Waals surface area (Å²) in [5, 5.41) is 31.6.